The summed E-state index contributed by atoms with van der Waals surface area (Å²) in [4.78, 5) is 18.5. The minimum atomic E-state index is -0.208. The summed E-state index contributed by atoms with van der Waals surface area (Å²) >= 11 is 1.64. The number of carbonyl (C=O) groups excluding carboxylic acids is 1. The van der Waals surface area contributed by atoms with Gasteiger partial charge in [0.2, 0.25) is 5.91 Å². The van der Waals surface area contributed by atoms with Crippen LogP contribution in [0.2, 0.25) is 0 Å². The Morgan fingerprint density at radius 2 is 2.20 bits per heavy atom. The number of nitrogens with zero attached hydrogens (tertiary/aromatic N) is 2. The highest BCUT2D eigenvalue weighted by atomic mass is 32.1. The number of hydrogen-bond acceptors (Lipinski definition) is 5. The van der Waals surface area contributed by atoms with Gasteiger partial charge in [0.05, 0.1) is 10.7 Å². The normalized spacial score (nSPS) is 13.6. The number of likely N-dealkylation sites (N-methyl/N-ethyl adjacent to an activating group) is 1. The Bertz CT molecular complexity index is 439. The van der Waals surface area contributed by atoms with E-state index >= 15 is 0 Å². The van der Waals surface area contributed by atoms with Gasteiger partial charge in [-0.25, -0.2) is 4.98 Å². The van der Waals surface area contributed by atoms with E-state index in [1.807, 2.05) is 34.7 Å². The topological polar surface area (TPSA) is 71.2 Å². The molecule has 0 aliphatic rings. The van der Waals surface area contributed by atoms with Crippen LogP contribution in [0.3, 0.4) is 0 Å². The molecule has 1 aromatic rings. The largest absolute Gasteiger partial charge is 0.351 e. The molecule has 114 valence electrons. The Hall–Kier alpha value is -0.980. The van der Waals surface area contributed by atoms with E-state index in [1.54, 1.807) is 11.3 Å². The molecule has 0 fully saturated rings. The first-order valence-corrected chi connectivity index (χ1v) is 7.71. The van der Waals surface area contributed by atoms with Crippen molar-refractivity contribution < 1.29 is 4.79 Å². The van der Waals surface area contributed by atoms with Crippen molar-refractivity contribution in [1.29, 1.82) is 0 Å². The molecule has 1 aromatic heterocycles. The van der Waals surface area contributed by atoms with Crippen LogP contribution in [-0.2, 0) is 11.3 Å². The molecule has 0 spiro atoms. The Balaban J connectivity index is 2.54. The maximum absolute atomic E-state index is 12.0. The minimum Gasteiger partial charge on any atom is -0.351 e. The van der Waals surface area contributed by atoms with E-state index in [0.29, 0.717) is 13.0 Å². The van der Waals surface area contributed by atoms with Crippen molar-refractivity contribution in [2.45, 2.75) is 52.2 Å². The standard InChI is InChI=1S/C14H26N4OS/c1-10-16-11(9-20-10)8-18(5)12(7-15)6-13(19)17-14(2,3)4/h9,12H,6-8,15H2,1-5H3,(H,17,19). The fraction of sp³-hybridized carbons (Fsp3) is 0.714. The fourth-order valence-electron chi connectivity index (χ4n) is 1.97. The number of amides is 1. The van der Waals surface area contributed by atoms with Gasteiger partial charge in [-0.15, -0.1) is 11.3 Å². The molecule has 0 aromatic carbocycles. The van der Waals surface area contributed by atoms with Gasteiger partial charge >= 0.3 is 0 Å². The number of hydrogen-bond donors (Lipinski definition) is 2. The van der Waals surface area contributed by atoms with Crippen LogP contribution in [-0.4, -0.2) is 41.0 Å². The summed E-state index contributed by atoms with van der Waals surface area (Å²) in [6, 6.07) is 0.0272. The maximum Gasteiger partial charge on any atom is 0.222 e. The third-order valence-corrected chi connectivity index (χ3v) is 3.73. The summed E-state index contributed by atoms with van der Waals surface area (Å²) in [5, 5.41) is 6.08. The highest BCUT2D eigenvalue weighted by molar-refractivity contribution is 7.09. The van der Waals surface area contributed by atoms with Crippen molar-refractivity contribution in [3.05, 3.63) is 16.1 Å². The van der Waals surface area contributed by atoms with Gasteiger partial charge in [-0.2, -0.15) is 0 Å². The Morgan fingerprint density at radius 3 is 2.65 bits per heavy atom. The summed E-state index contributed by atoms with van der Waals surface area (Å²) in [6.07, 6.45) is 0.410. The molecule has 0 saturated heterocycles. The molecule has 1 amide bonds. The van der Waals surface area contributed by atoms with Gasteiger partial charge in [0, 0.05) is 36.5 Å². The van der Waals surface area contributed by atoms with Gasteiger partial charge in [0.25, 0.3) is 0 Å². The highest BCUT2D eigenvalue weighted by Crippen LogP contribution is 2.12. The molecule has 0 aliphatic heterocycles. The van der Waals surface area contributed by atoms with Crippen molar-refractivity contribution in [2.75, 3.05) is 13.6 Å². The zero-order valence-corrected chi connectivity index (χ0v) is 13.9. The molecule has 20 heavy (non-hydrogen) atoms. The van der Waals surface area contributed by atoms with Gasteiger partial charge in [0.1, 0.15) is 0 Å². The molecule has 6 heteroatoms. The number of nitrogens with two attached hydrogens (primary N) is 1. The SMILES string of the molecule is Cc1nc(CN(C)C(CN)CC(=O)NC(C)(C)C)cs1. The van der Waals surface area contributed by atoms with Crippen LogP contribution < -0.4 is 11.1 Å². The number of nitrogens with one attached hydrogen (secondary N) is 1. The van der Waals surface area contributed by atoms with Crippen LogP contribution in [0.15, 0.2) is 5.38 Å². The Kier molecular flexibility index (Phi) is 6.10. The van der Waals surface area contributed by atoms with E-state index in [9.17, 15) is 4.79 Å². The van der Waals surface area contributed by atoms with Crippen LogP contribution in [0.4, 0.5) is 0 Å². The van der Waals surface area contributed by atoms with Crippen LogP contribution >= 0.6 is 11.3 Å². The minimum absolute atomic E-state index is 0.0272. The number of carbonyl (C=O) groups is 1. The average Bonchev–Trinajstić information content (AvgIpc) is 2.69. The van der Waals surface area contributed by atoms with Crippen molar-refractivity contribution in [1.82, 2.24) is 15.2 Å². The molecule has 1 rings (SSSR count). The summed E-state index contributed by atoms with van der Waals surface area (Å²) in [5.41, 5.74) is 6.63. The molecule has 0 saturated carbocycles. The van der Waals surface area contributed by atoms with Gasteiger partial charge in [-0.1, -0.05) is 0 Å². The molecule has 3 N–H and O–H groups in total. The number of thiazole rings is 1. The van der Waals surface area contributed by atoms with Crippen molar-refractivity contribution >= 4 is 17.2 Å². The molecule has 1 heterocycles. The lowest BCUT2D eigenvalue weighted by molar-refractivity contribution is -0.123. The van der Waals surface area contributed by atoms with E-state index in [4.69, 9.17) is 5.73 Å². The van der Waals surface area contributed by atoms with E-state index in [-0.39, 0.29) is 17.5 Å². The summed E-state index contributed by atoms with van der Waals surface area (Å²) in [5.74, 6) is 0.0364. The van der Waals surface area contributed by atoms with Crippen LogP contribution in [0.25, 0.3) is 0 Å². The Morgan fingerprint density at radius 1 is 1.55 bits per heavy atom. The predicted octanol–water partition coefficient (Wildman–Crippen LogP) is 1.52. The Labute approximate surface area is 125 Å². The van der Waals surface area contributed by atoms with Gasteiger partial charge in [0.15, 0.2) is 0 Å². The zero-order chi connectivity index (χ0) is 15.3. The highest BCUT2D eigenvalue weighted by Gasteiger charge is 2.21. The second kappa shape index (κ2) is 7.15. The lowest BCUT2D eigenvalue weighted by Crippen LogP contribution is -2.46. The summed E-state index contributed by atoms with van der Waals surface area (Å²) in [6.45, 7) is 9.09. The van der Waals surface area contributed by atoms with Crippen LogP contribution in [0, 0.1) is 6.92 Å². The van der Waals surface area contributed by atoms with Gasteiger partial charge in [-0.05, 0) is 34.7 Å². The van der Waals surface area contributed by atoms with Crippen LogP contribution in [0.1, 0.15) is 37.9 Å². The third-order valence-electron chi connectivity index (χ3n) is 2.91. The quantitative estimate of drug-likeness (QED) is 0.835. The first kappa shape index (κ1) is 17.1. The maximum atomic E-state index is 12.0. The molecule has 0 bridgehead atoms. The lowest BCUT2D eigenvalue weighted by Gasteiger charge is -2.28. The molecule has 0 radical (unpaired) electrons. The molecular formula is C14H26N4OS. The number of rotatable bonds is 6. The second-order valence-electron chi connectivity index (χ2n) is 6.16. The van der Waals surface area contributed by atoms with Crippen molar-refractivity contribution in [3.63, 3.8) is 0 Å². The summed E-state index contributed by atoms with van der Waals surface area (Å²) in [7, 11) is 1.98. The van der Waals surface area contributed by atoms with E-state index in [2.05, 4.69) is 20.6 Å². The lowest BCUT2D eigenvalue weighted by atomic mass is 10.1. The first-order chi connectivity index (χ1) is 9.21. The van der Waals surface area contributed by atoms with Crippen LogP contribution in [0.5, 0.6) is 0 Å². The molecule has 1 atom stereocenters. The van der Waals surface area contributed by atoms with Gasteiger partial charge in [-0.3, -0.25) is 9.69 Å². The van der Waals surface area contributed by atoms with E-state index in [1.165, 1.54) is 0 Å². The monoisotopic (exact) mass is 298 g/mol. The molecular weight excluding hydrogens is 272 g/mol. The zero-order valence-electron chi connectivity index (χ0n) is 13.1. The average molecular weight is 298 g/mol. The second-order valence-corrected chi connectivity index (χ2v) is 7.23. The molecule has 0 aliphatic carbocycles. The van der Waals surface area contributed by atoms with Gasteiger partial charge < -0.3 is 11.1 Å². The summed E-state index contributed by atoms with van der Waals surface area (Å²) < 4.78 is 0. The predicted molar refractivity (Wildman–Crippen MR) is 83.7 cm³/mol. The van der Waals surface area contributed by atoms with E-state index < -0.39 is 0 Å². The van der Waals surface area contributed by atoms with E-state index in [0.717, 1.165) is 17.2 Å². The molecule has 1 unspecified atom stereocenters. The molecule has 5 nitrogen and oxygen atoms in total. The fourth-order valence-corrected chi connectivity index (χ4v) is 2.57. The smallest absolute Gasteiger partial charge is 0.222 e. The first-order valence-electron chi connectivity index (χ1n) is 6.83. The van der Waals surface area contributed by atoms with Crippen molar-refractivity contribution in [2.24, 2.45) is 5.73 Å². The number of aromatic nitrogens is 1. The van der Waals surface area contributed by atoms with Crippen molar-refractivity contribution in [3.8, 4) is 0 Å². The number of aryl methyl sites for hydroxylation is 1. The third kappa shape index (κ3) is 5.98.